The smallest absolute Gasteiger partial charge is 0.250 e. The standard InChI is InChI=1S/C18H12BrN3O5/c1-22-12-3-2-8(19)4-10(12)18(17(22)25)11(6-20)16(21)27-14-13(24)5-9(7-23)26-15(14)18/h2-5,23H,7,21H2,1H3. The maximum Gasteiger partial charge on any atom is 0.250 e. The number of aliphatic hydroxyl groups excluding tert-OH is 1. The van der Waals surface area contributed by atoms with Crippen molar-refractivity contribution in [3.05, 3.63) is 67.5 Å². The molecular formula is C18H12BrN3O5. The number of nitrogens with zero attached hydrogens (tertiary/aromatic N) is 2. The Hall–Kier alpha value is -3.09. The van der Waals surface area contributed by atoms with Crippen molar-refractivity contribution in [2.75, 3.05) is 11.9 Å². The van der Waals surface area contributed by atoms with Crippen molar-refractivity contribution >= 4 is 27.5 Å². The predicted octanol–water partition coefficient (Wildman–Crippen LogP) is 1.24. The molecule has 1 spiro atoms. The van der Waals surface area contributed by atoms with Crippen LogP contribution in [0.25, 0.3) is 0 Å². The van der Waals surface area contributed by atoms with Gasteiger partial charge in [-0.15, -0.1) is 0 Å². The van der Waals surface area contributed by atoms with Gasteiger partial charge in [-0.3, -0.25) is 9.59 Å². The molecule has 0 aliphatic carbocycles. The second kappa shape index (κ2) is 5.70. The second-order valence-electron chi connectivity index (χ2n) is 6.12. The molecule has 27 heavy (non-hydrogen) atoms. The zero-order chi connectivity index (χ0) is 19.5. The van der Waals surface area contributed by atoms with Gasteiger partial charge < -0.3 is 24.9 Å². The summed E-state index contributed by atoms with van der Waals surface area (Å²) in [6, 6.07) is 8.12. The number of amides is 1. The van der Waals surface area contributed by atoms with Gasteiger partial charge in [-0.05, 0) is 18.2 Å². The van der Waals surface area contributed by atoms with Gasteiger partial charge in [0.05, 0.1) is 0 Å². The lowest BCUT2D eigenvalue weighted by molar-refractivity contribution is -0.121. The molecule has 4 rings (SSSR count). The summed E-state index contributed by atoms with van der Waals surface area (Å²) in [6.07, 6.45) is 0. The Morgan fingerprint density at radius 1 is 1.37 bits per heavy atom. The van der Waals surface area contributed by atoms with Crippen LogP contribution in [0, 0.1) is 11.3 Å². The third-order valence-electron chi connectivity index (χ3n) is 4.75. The molecule has 0 saturated heterocycles. The molecule has 8 nitrogen and oxygen atoms in total. The maximum atomic E-state index is 13.4. The number of ether oxygens (including phenoxy) is 1. The minimum absolute atomic E-state index is 0.0570. The first kappa shape index (κ1) is 17.3. The molecule has 1 aromatic carbocycles. The van der Waals surface area contributed by atoms with E-state index in [1.54, 1.807) is 25.2 Å². The van der Waals surface area contributed by atoms with Gasteiger partial charge >= 0.3 is 0 Å². The van der Waals surface area contributed by atoms with E-state index in [2.05, 4.69) is 15.9 Å². The Morgan fingerprint density at radius 3 is 2.78 bits per heavy atom. The number of hydrogen-bond acceptors (Lipinski definition) is 7. The third-order valence-corrected chi connectivity index (χ3v) is 5.24. The summed E-state index contributed by atoms with van der Waals surface area (Å²) in [5.41, 5.74) is 4.32. The van der Waals surface area contributed by atoms with Crippen molar-refractivity contribution in [1.29, 1.82) is 5.26 Å². The minimum Gasteiger partial charge on any atom is -0.457 e. The summed E-state index contributed by atoms with van der Waals surface area (Å²) < 4.78 is 11.7. The first-order chi connectivity index (χ1) is 12.9. The lowest BCUT2D eigenvalue weighted by atomic mass is 9.72. The number of benzene rings is 1. The summed E-state index contributed by atoms with van der Waals surface area (Å²) in [7, 11) is 1.55. The Balaban J connectivity index is 2.22. The topological polar surface area (TPSA) is 130 Å². The van der Waals surface area contributed by atoms with Crippen LogP contribution in [0.5, 0.6) is 5.75 Å². The molecule has 2 aliphatic heterocycles. The molecule has 1 atom stereocenters. The molecule has 0 radical (unpaired) electrons. The number of nitrogens with two attached hydrogens (primary N) is 1. The van der Waals surface area contributed by atoms with Crippen LogP contribution in [0.1, 0.15) is 17.1 Å². The highest BCUT2D eigenvalue weighted by atomic mass is 79.9. The number of anilines is 1. The molecule has 1 aromatic heterocycles. The SMILES string of the molecule is CN1C(=O)C2(C(C#N)=C(N)Oc3c2oc(CO)cc3=O)c2cc(Br)ccc21. The van der Waals surface area contributed by atoms with Gasteiger partial charge in [0.15, 0.2) is 11.2 Å². The summed E-state index contributed by atoms with van der Waals surface area (Å²) in [5.74, 6) is -1.36. The maximum absolute atomic E-state index is 13.4. The normalized spacial score (nSPS) is 20.4. The van der Waals surface area contributed by atoms with Crippen molar-refractivity contribution < 1.29 is 19.1 Å². The van der Waals surface area contributed by atoms with Crippen LogP contribution in [0.3, 0.4) is 0 Å². The van der Waals surface area contributed by atoms with Crippen LogP contribution in [-0.4, -0.2) is 18.1 Å². The fourth-order valence-electron chi connectivity index (χ4n) is 3.59. The quantitative estimate of drug-likeness (QED) is 0.697. The van der Waals surface area contributed by atoms with Gasteiger partial charge in [-0.2, -0.15) is 5.26 Å². The Bertz CT molecular complexity index is 1150. The highest BCUT2D eigenvalue weighted by Crippen LogP contribution is 2.54. The molecule has 0 saturated carbocycles. The largest absolute Gasteiger partial charge is 0.457 e. The first-order valence-corrected chi connectivity index (χ1v) is 8.60. The zero-order valence-corrected chi connectivity index (χ0v) is 15.5. The van der Waals surface area contributed by atoms with Gasteiger partial charge in [0.2, 0.25) is 17.1 Å². The van der Waals surface area contributed by atoms with Gasteiger partial charge in [0.25, 0.3) is 5.91 Å². The number of fused-ring (bicyclic) bond motifs is 4. The van der Waals surface area contributed by atoms with Crippen molar-refractivity contribution in [3.63, 3.8) is 0 Å². The molecule has 0 bridgehead atoms. The molecule has 2 aliphatic rings. The average Bonchev–Trinajstić information content (AvgIpc) is 2.85. The van der Waals surface area contributed by atoms with E-state index >= 15 is 0 Å². The second-order valence-corrected chi connectivity index (χ2v) is 7.04. The number of rotatable bonds is 1. The molecular weight excluding hydrogens is 418 g/mol. The first-order valence-electron chi connectivity index (χ1n) is 7.81. The average molecular weight is 430 g/mol. The lowest BCUT2D eigenvalue weighted by Crippen LogP contribution is -2.46. The van der Waals surface area contributed by atoms with E-state index < -0.39 is 23.4 Å². The lowest BCUT2D eigenvalue weighted by Gasteiger charge is -2.32. The van der Waals surface area contributed by atoms with Crippen LogP contribution >= 0.6 is 15.9 Å². The minimum atomic E-state index is -1.77. The molecule has 3 N–H and O–H groups in total. The molecule has 0 fully saturated rings. The van der Waals surface area contributed by atoms with E-state index in [9.17, 15) is 20.0 Å². The van der Waals surface area contributed by atoms with E-state index in [0.717, 1.165) is 6.07 Å². The van der Waals surface area contributed by atoms with Crippen LogP contribution in [-0.2, 0) is 16.8 Å². The van der Waals surface area contributed by atoms with Crippen LogP contribution in [0.2, 0.25) is 0 Å². The number of aliphatic hydroxyl groups is 1. The molecule has 1 unspecified atom stereocenters. The number of carbonyl (C=O) groups is 1. The number of carbonyl (C=O) groups excluding carboxylic acids is 1. The number of likely N-dealkylation sites (N-methyl/N-ethyl adjacent to an activating group) is 1. The van der Waals surface area contributed by atoms with E-state index in [4.69, 9.17) is 14.9 Å². The van der Waals surface area contributed by atoms with Crippen LogP contribution < -0.4 is 20.8 Å². The third kappa shape index (κ3) is 2.05. The number of hydrogen-bond donors (Lipinski definition) is 2. The van der Waals surface area contributed by atoms with Crippen molar-refractivity contribution in [2.45, 2.75) is 12.0 Å². The van der Waals surface area contributed by atoms with Crippen LogP contribution in [0.4, 0.5) is 5.69 Å². The molecule has 9 heteroatoms. The van der Waals surface area contributed by atoms with Crippen molar-refractivity contribution in [3.8, 4) is 11.8 Å². The van der Waals surface area contributed by atoms with Crippen LogP contribution in [0.15, 0.2) is 49.4 Å². The summed E-state index contributed by atoms with van der Waals surface area (Å²) in [4.78, 5) is 27.3. The van der Waals surface area contributed by atoms with E-state index in [1.165, 1.54) is 4.90 Å². The molecule has 136 valence electrons. The highest BCUT2D eigenvalue weighted by Gasteiger charge is 2.61. The Labute approximate surface area is 161 Å². The van der Waals surface area contributed by atoms with E-state index in [-0.39, 0.29) is 28.7 Å². The summed E-state index contributed by atoms with van der Waals surface area (Å²) >= 11 is 3.37. The fraction of sp³-hybridized carbons (Fsp3) is 0.167. The fourth-order valence-corrected chi connectivity index (χ4v) is 3.95. The van der Waals surface area contributed by atoms with E-state index in [1.807, 2.05) is 6.07 Å². The zero-order valence-electron chi connectivity index (χ0n) is 13.9. The highest BCUT2D eigenvalue weighted by molar-refractivity contribution is 9.10. The number of halogens is 1. The predicted molar refractivity (Wildman–Crippen MR) is 96.7 cm³/mol. The molecule has 1 amide bonds. The van der Waals surface area contributed by atoms with Gasteiger partial charge in [0.1, 0.15) is 24.0 Å². The Kier molecular flexibility index (Phi) is 3.66. The number of nitriles is 1. The summed E-state index contributed by atoms with van der Waals surface area (Å²) in [6.45, 7) is -0.560. The van der Waals surface area contributed by atoms with Crippen molar-refractivity contribution in [1.82, 2.24) is 0 Å². The molecule has 2 aromatic rings. The van der Waals surface area contributed by atoms with E-state index in [0.29, 0.717) is 15.7 Å². The monoisotopic (exact) mass is 429 g/mol. The Morgan fingerprint density at radius 2 is 2.11 bits per heavy atom. The van der Waals surface area contributed by atoms with Gasteiger partial charge in [0, 0.05) is 28.8 Å². The molecule has 3 heterocycles. The summed E-state index contributed by atoms with van der Waals surface area (Å²) in [5, 5.41) is 19.2. The van der Waals surface area contributed by atoms with Gasteiger partial charge in [-0.1, -0.05) is 15.9 Å². The van der Waals surface area contributed by atoms with Gasteiger partial charge in [-0.25, -0.2) is 0 Å². The van der Waals surface area contributed by atoms with Crippen molar-refractivity contribution in [2.24, 2.45) is 5.73 Å².